The van der Waals surface area contributed by atoms with E-state index in [0.717, 1.165) is 44.8 Å². The predicted molar refractivity (Wildman–Crippen MR) is 120 cm³/mol. The molecule has 29 heavy (non-hydrogen) atoms. The van der Waals surface area contributed by atoms with Crippen LogP contribution in [0, 0.1) is 11.8 Å². The summed E-state index contributed by atoms with van der Waals surface area (Å²) in [7, 11) is 4.18. The number of allylic oxidation sites excluding steroid dienone is 1. The molecule has 1 aromatic heterocycles. The summed E-state index contributed by atoms with van der Waals surface area (Å²) in [4.78, 5) is 15.3. The van der Waals surface area contributed by atoms with Crippen molar-refractivity contribution in [2.75, 3.05) is 59.1 Å². The largest absolute Gasteiger partial charge is 0.401 e. The number of nitrogens with two attached hydrogens (primary N) is 3. The summed E-state index contributed by atoms with van der Waals surface area (Å²) in [5.41, 5.74) is 19.6. The van der Waals surface area contributed by atoms with Gasteiger partial charge in [0.05, 0.1) is 5.57 Å². The summed E-state index contributed by atoms with van der Waals surface area (Å²) in [5, 5.41) is 0. The fourth-order valence-corrected chi connectivity index (χ4v) is 2.89. The Morgan fingerprint density at radius 3 is 2.45 bits per heavy atom. The summed E-state index contributed by atoms with van der Waals surface area (Å²) < 4.78 is 0. The predicted octanol–water partition coefficient (Wildman–Crippen LogP) is 0.256. The summed E-state index contributed by atoms with van der Waals surface area (Å²) in [6, 6.07) is 3.54. The Balaban J connectivity index is 2.21. The van der Waals surface area contributed by atoms with Crippen LogP contribution in [0.5, 0.6) is 0 Å². The van der Waals surface area contributed by atoms with Crippen LogP contribution in [0.4, 0.5) is 5.82 Å². The van der Waals surface area contributed by atoms with E-state index in [1.54, 1.807) is 12.3 Å². The average Bonchev–Trinajstić information content (AvgIpc) is 2.67. The van der Waals surface area contributed by atoms with E-state index in [1.807, 2.05) is 13.0 Å². The van der Waals surface area contributed by atoms with Crippen molar-refractivity contribution in [3.8, 4) is 11.8 Å². The molecule has 1 fully saturated rings. The number of pyridine rings is 1. The third-order valence-electron chi connectivity index (χ3n) is 4.52. The van der Waals surface area contributed by atoms with Crippen molar-refractivity contribution in [2.24, 2.45) is 16.5 Å². The summed E-state index contributed by atoms with van der Waals surface area (Å²) in [6.07, 6.45) is 1.63. The van der Waals surface area contributed by atoms with Gasteiger partial charge >= 0.3 is 0 Å². The number of likely N-dealkylation sites (N-methyl/N-ethyl adjacent to an activating group) is 1. The van der Waals surface area contributed by atoms with Crippen LogP contribution in [0.15, 0.2) is 47.0 Å². The van der Waals surface area contributed by atoms with Gasteiger partial charge < -0.3 is 27.0 Å². The highest BCUT2D eigenvalue weighted by Gasteiger charge is 2.22. The number of nitrogens with zero attached hydrogens (tertiary/aromatic N) is 5. The highest BCUT2D eigenvalue weighted by Crippen LogP contribution is 2.12. The van der Waals surface area contributed by atoms with E-state index < -0.39 is 0 Å². The molecule has 1 aromatic rings. The van der Waals surface area contributed by atoms with Gasteiger partial charge in [0.2, 0.25) is 0 Å². The number of rotatable bonds is 5. The molecule has 8 heteroatoms. The van der Waals surface area contributed by atoms with Crippen molar-refractivity contribution in [1.82, 2.24) is 19.7 Å². The summed E-state index contributed by atoms with van der Waals surface area (Å²) in [5.74, 6) is 7.58. The van der Waals surface area contributed by atoms with Gasteiger partial charge in [0, 0.05) is 56.7 Å². The van der Waals surface area contributed by atoms with E-state index in [4.69, 9.17) is 17.2 Å². The van der Waals surface area contributed by atoms with E-state index >= 15 is 0 Å². The van der Waals surface area contributed by atoms with Gasteiger partial charge in [0.1, 0.15) is 17.5 Å². The Labute approximate surface area is 173 Å². The molecule has 1 saturated heterocycles. The Morgan fingerprint density at radius 2 is 1.93 bits per heavy atom. The molecule has 2 rings (SSSR count). The molecule has 1 aliphatic heterocycles. The minimum Gasteiger partial charge on any atom is -0.401 e. The number of aliphatic imine (C=N–C) groups is 1. The standard InChI is InChI=1S/C21H32N8/c1-16(22)19(7-5-18-6-8-20(24)25-15-18)21(26-17(2)23)29-13-11-28(12-14-29)10-9-27(3)4/h6,8,15H,2,9-14,22-23H2,1,3-4H3,(H2,24,25)/b19-16-,26-21?. The molecule has 8 nitrogen and oxygen atoms in total. The average molecular weight is 397 g/mol. The van der Waals surface area contributed by atoms with Crippen LogP contribution in [-0.4, -0.2) is 78.9 Å². The van der Waals surface area contributed by atoms with Crippen LogP contribution in [0.2, 0.25) is 0 Å². The first-order valence-corrected chi connectivity index (χ1v) is 9.61. The number of hydrogen-bond acceptors (Lipinski definition) is 7. The minimum absolute atomic E-state index is 0.227. The lowest BCUT2D eigenvalue weighted by Gasteiger charge is -2.37. The van der Waals surface area contributed by atoms with Gasteiger partial charge in [-0.25, -0.2) is 9.98 Å². The van der Waals surface area contributed by atoms with Gasteiger partial charge in [0.25, 0.3) is 0 Å². The normalized spacial score (nSPS) is 16.3. The Morgan fingerprint density at radius 1 is 1.24 bits per heavy atom. The van der Waals surface area contributed by atoms with Crippen LogP contribution in [0.3, 0.4) is 0 Å². The van der Waals surface area contributed by atoms with Crippen LogP contribution >= 0.6 is 0 Å². The second-order valence-corrected chi connectivity index (χ2v) is 7.34. The fourth-order valence-electron chi connectivity index (χ4n) is 2.89. The van der Waals surface area contributed by atoms with Gasteiger partial charge in [-0.05, 0) is 33.2 Å². The summed E-state index contributed by atoms with van der Waals surface area (Å²) >= 11 is 0. The third-order valence-corrected chi connectivity index (χ3v) is 4.52. The molecule has 0 spiro atoms. The zero-order valence-corrected chi connectivity index (χ0v) is 17.6. The van der Waals surface area contributed by atoms with Crippen LogP contribution in [0.1, 0.15) is 12.5 Å². The van der Waals surface area contributed by atoms with Gasteiger partial charge in [-0.15, -0.1) is 0 Å². The van der Waals surface area contributed by atoms with E-state index in [0.29, 0.717) is 22.9 Å². The molecule has 0 saturated carbocycles. The molecular formula is C21H32N8. The topological polar surface area (TPSA) is 113 Å². The molecule has 6 N–H and O–H groups in total. The first-order chi connectivity index (χ1) is 13.8. The number of amidine groups is 1. The highest BCUT2D eigenvalue weighted by molar-refractivity contribution is 6.03. The molecule has 0 bridgehead atoms. The monoisotopic (exact) mass is 396 g/mol. The van der Waals surface area contributed by atoms with Crippen LogP contribution in [0.25, 0.3) is 0 Å². The van der Waals surface area contributed by atoms with Crippen molar-refractivity contribution in [3.05, 3.63) is 47.6 Å². The Kier molecular flexibility index (Phi) is 8.07. The van der Waals surface area contributed by atoms with Crippen molar-refractivity contribution in [2.45, 2.75) is 6.92 Å². The zero-order chi connectivity index (χ0) is 21.4. The smallest absolute Gasteiger partial charge is 0.148 e. The van der Waals surface area contributed by atoms with Crippen LogP contribution < -0.4 is 17.2 Å². The van der Waals surface area contributed by atoms with E-state index in [-0.39, 0.29) is 5.82 Å². The molecule has 156 valence electrons. The van der Waals surface area contributed by atoms with E-state index in [1.165, 1.54) is 0 Å². The molecule has 1 aliphatic rings. The van der Waals surface area contributed by atoms with Crippen molar-refractivity contribution in [3.63, 3.8) is 0 Å². The first kappa shape index (κ1) is 22.3. The number of nitrogen functional groups attached to an aromatic ring is 1. The number of piperazine rings is 1. The fraction of sp³-hybridized carbons (Fsp3) is 0.429. The number of anilines is 1. The lowest BCUT2D eigenvalue weighted by atomic mass is 10.1. The molecule has 0 atom stereocenters. The minimum atomic E-state index is 0.227. The van der Waals surface area contributed by atoms with Crippen LogP contribution in [-0.2, 0) is 0 Å². The maximum Gasteiger partial charge on any atom is 0.148 e. The lowest BCUT2D eigenvalue weighted by molar-refractivity contribution is 0.169. The van der Waals surface area contributed by atoms with Crippen molar-refractivity contribution >= 4 is 11.7 Å². The molecule has 0 aromatic carbocycles. The second-order valence-electron chi connectivity index (χ2n) is 7.34. The quantitative estimate of drug-likeness (QED) is 0.372. The lowest BCUT2D eigenvalue weighted by Crippen LogP contribution is -2.50. The van der Waals surface area contributed by atoms with Crippen molar-refractivity contribution < 1.29 is 0 Å². The van der Waals surface area contributed by atoms with E-state index in [9.17, 15) is 0 Å². The number of aromatic nitrogens is 1. The molecule has 0 radical (unpaired) electrons. The zero-order valence-electron chi connectivity index (χ0n) is 17.6. The molecule has 0 aliphatic carbocycles. The van der Waals surface area contributed by atoms with Gasteiger partial charge in [-0.3, -0.25) is 4.90 Å². The van der Waals surface area contributed by atoms with Gasteiger partial charge in [-0.2, -0.15) is 0 Å². The Hall–Kier alpha value is -3.02. The molecule has 0 amide bonds. The first-order valence-electron chi connectivity index (χ1n) is 9.61. The van der Waals surface area contributed by atoms with Crippen molar-refractivity contribution in [1.29, 1.82) is 0 Å². The SMILES string of the molecule is C=C(N)N=C(/C(C#Cc1ccc(N)nc1)=C(/C)N)N1CCN(CCN(C)C)CC1. The number of hydrogen-bond donors (Lipinski definition) is 3. The molecular weight excluding hydrogens is 364 g/mol. The van der Waals surface area contributed by atoms with Gasteiger partial charge in [0.15, 0.2) is 0 Å². The Bertz CT molecular complexity index is 814. The highest BCUT2D eigenvalue weighted by atomic mass is 15.3. The maximum absolute atomic E-state index is 6.16. The summed E-state index contributed by atoms with van der Waals surface area (Å²) in [6.45, 7) is 11.1. The molecule has 2 heterocycles. The molecule has 0 unspecified atom stereocenters. The maximum atomic E-state index is 6.16. The second kappa shape index (κ2) is 10.5. The van der Waals surface area contributed by atoms with Gasteiger partial charge in [-0.1, -0.05) is 18.4 Å². The third kappa shape index (κ3) is 7.14. The van der Waals surface area contributed by atoms with E-state index in [2.05, 4.69) is 57.2 Å².